The number of benzene rings is 1. The lowest BCUT2D eigenvalue weighted by Gasteiger charge is -2.21. The van der Waals surface area contributed by atoms with Gasteiger partial charge in [-0.2, -0.15) is 0 Å². The molecule has 0 aliphatic heterocycles. The monoisotopic (exact) mass is 255 g/mol. The van der Waals surface area contributed by atoms with E-state index in [1.54, 1.807) is 0 Å². The number of hydrogen-bond acceptors (Lipinski definition) is 2. The average Bonchev–Trinajstić information content (AvgIpc) is 2.68. The zero-order valence-corrected chi connectivity index (χ0v) is 12.1. The number of nitrogens with zero attached hydrogens (tertiary/aromatic N) is 1. The first-order valence-corrected chi connectivity index (χ1v) is 7.07. The minimum Gasteiger partial charge on any atom is -0.245 e. The topological polar surface area (TPSA) is 12.9 Å². The van der Waals surface area contributed by atoms with Crippen LogP contribution in [0.4, 0.5) is 0 Å². The second kappa shape index (κ2) is 3.79. The number of aryl methyl sites for hydroxylation is 1. The molecule has 0 saturated heterocycles. The molecule has 1 nitrogen and oxygen atoms in total. The summed E-state index contributed by atoms with van der Waals surface area (Å²) in [6.07, 6.45) is 1.87. The van der Waals surface area contributed by atoms with Gasteiger partial charge in [0.25, 0.3) is 0 Å². The minimum absolute atomic E-state index is 0.196. The van der Waals surface area contributed by atoms with Crippen molar-refractivity contribution < 1.29 is 0 Å². The molecule has 92 valence electrons. The second-order valence-corrected chi connectivity index (χ2v) is 6.82. The molecule has 0 aliphatic rings. The van der Waals surface area contributed by atoms with Crippen molar-refractivity contribution in [3.63, 3.8) is 0 Å². The third-order valence-corrected chi connectivity index (χ3v) is 4.72. The van der Waals surface area contributed by atoms with Crippen molar-refractivity contribution in [3.8, 4) is 0 Å². The Morgan fingerprint density at radius 1 is 1.06 bits per heavy atom. The Kier molecular flexibility index (Phi) is 2.46. The van der Waals surface area contributed by atoms with Gasteiger partial charge in [0.05, 0.1) is 0 Å². The summed E-state index contributed by atoms with van der Waals surface area (Å²) >= 11 is 1.81. The third-order valence-electron chi connectivity index (χ3n) is 3.47. The highest BCUT2D eigenvalue weighted by molar-refractivity contribution is 7.25. The van der Waals surface area contributed by atoms with Gasteiger partial charge in [-0.25, -0.2) is 4.98 Å². The van der Waals surface area contributed by atoms with E-state index >= 15 is 0 Å². The number of thiophene rings is 1. The van der Waals surface area contributed by atoms with E-state index in [0.717, 1.165) is 4.83 Å². The van der Waals surface area contributed by atoms with Gasteiger partial charge < -0.3 is 0 Å². The van der Waals surface area contributed by atoms with Crippen molar-refractivity contribution in [2.45, 2.75) is 33.1 Å². The van der Waals surface area contributed by atoms with E-state index in [4.69, 9.17) is 0 Å². The summed E-state index contributed by atoms with van der Waals surface area (Å²) in [7, 11) is 0. The molecule has 18 heavy (non-hydrogen) atoms. The molecule has 2 heterocycles. The highest BCUT2D eigenvalue weighted by Gasteiger charge is 2.19. The molecular formula is C16H17NS. The van der Waals surface area contributed by atoms with E-state index < -0.39 is 0 Å². The smallest absolute Gasteiger partial charge is 0.124 e. The van der Waals surface area contributed by atoms with Gasteiger partial charge in [-0.05, 0) is 35.6 Å². The van der Waals surface area contributed by atoms with Crippen LogP contribution in [0.1, 0.15) is 31.9 Å². The van der Waals surface area contributed by atoms with E-state index in [2.05, 4.69) is 50.9 Å². The lowest BCUT2D eigenvalue weighted by molar-refractivity contribution is 0.587. The van der Waals surface area contributed by atoms with E-state index in [9.17, 15) is 0 Å². The van der Waals surface area contributed by atoms with Crippen molar-refractivity contribution in [1.29, 1.82) is 0 Å². The van der Waals surface area contributed by atoms with E-state index in [-0.39, 0.29) is 5.41 Å². The summed E-state index contributed by atoms with van der Waals surface area (Å²) in [6, 6.07) is 8.71. The standard InChI is InChI=1S/C16H17NS/c1-10-13(16(2,3)4)8-7-11-12-6-5-9-17-15(12)18-14(10)11/h5-9H,1-4H3. The molecule has 2 aromatic heterocycles. The first-order valence-electron chi connectivity index (χ1n) is 6.26. The number of pyridine rings is 1. The molecule has 0 amide bonds. The summed E-state index contributed by atoms with van der Waals surface area (Å²) < 4.78 is 1.39. The van der Waals surface area contributed by atoms with Crippen LogP contribution in [0, 0.1) is 6.92 Å². The van der Waals surface area contributed by atoms with Crippen LogP contribution in [0.2, 0.25) is 0 Å². The minimum atomic E-state index is 0.196. The van der Waals surface area contributed by atoms with Gasteiger partial charge in [0.1, 0.15) is 4.83 Å². The maximum Gasteiger partial charge on any atom is 0.124 e. The maximum atomic E-state index is 4.47. The second-order valence-electron chi connectivity index (χ2n) is 5.82. The van der Waals surface area contributed by atoms with Crippen LogP contribution in [0.15, 0.2) is 30.5 Å². The molecule has 0 aliphatic carbocycles. The van der Waals surface area contributed by atoms with Crippen molar-refractivity contribution in [1.82, 2.24) is 4.98 Å². The summed E-state index contributed by atoms with van der Waals surface area (Å²) in [5.74, 6) is 0. The molecule has 2 heteroatoms. The molecular weight excluding hydrogens is 238 g/mol. The Balaban J connectivity index is 2.43. The SMILES string of the molecule is Cc1c(C(C)(C)C)ccc2c1sc1ncccc12. The average molecular weight is 255 g/mol. The van der Waals surface area contributed by atoms with Gasteiger partial charge in [0, 0.05) is 21.7 Å². The van der Waals surface area contributed by atoms with Crippen molar-refractivity contribution in [3.05, 3.63) is 41.6 Å². The summed E-state index contributed by atoms with van der Waals surface area (Å²) in [5, 5.41) is 2.62. The molecule has 0 atom stereocenters. The number of aromatic nitrogens is 1. The Bertz CT molecular complexity index is 732. The lowest BCUT2D eigenvalue weighted by atomic mass is 9.83. The first kappa shape index (κ1) is 11.7. The Morgan fingerprint density at radius 2 is 1.83 bits per heavy atom. The highest BCUT2D eigenvalue weighted by Crippen LogP contribution is 2.38. The zero-order chi connectivity index (χ0) is 12.9. The molecule has 0 unspecified atom stereocenters. The number of fused-ring (bicyclic) bond motifs is 3. The first-order chi connectivity index (χ1) is 8.48. The van der Waals surface area contributed by atoms with Crippen LogP contribution in [0.25, 0.3) is 20.3 Å². The number of hydrogen-bond donors (Lipinski definition) is 0. The van der Waals surface area contributed by atoms with Crippen LogP contribution in [0.3, 0.4) is 0 Å². The largest absolute Gasteiger partial charge is 0.245 e. The Labute approximate surface area is 111 Å². The Hall–Kier alpha value is -1.41. The van der Waals surface area contributed by atoms with Crippen LogP contribution < -0.4 is 0 Å². The molecule has 0 fully saturated rings. The molecule has 0 saturated carbocycles. The molecule has 0 radical (unpaired) electrons. The molecule has 3 aromatic rings. The van der Waals surface area contributed by atoms with E-state index in [1.807, 2.05) is 23.6 Å². The summed E-state index contributed by atoms with van der Waals surface area (Å²) in [4.78, 5) is 5.61. The van der Waals surface area contributed by atoms with Gasteiger partial charge in [-0.3, -0.25) is 0 Å². The number of rotatable bonds is 0. The fourth-order valence-corrected chi connectivity index (χ4v) is 3.77. The predicted molar refractivity (Wildman–Crippen MR) is 80.6 cm³/mol. The normalized spacial score (nSPS) is 12.4. The summed E-state index contributed by atoms with van der Waals surface area (Å²) in [6.45, 7) is 9.05. The van der Waals surface area contributed by atoms with Crippen LogP contribution >= 0.6 is 11.3 Å². The van der Waals surface area contributed by atoms with Gasteiger partial charge >= 0.3 is 0 Å². The van der Waals surface area contributed by atoms with Gasteiger partial charge in [0.15, 0.2) is 0 Å². The highest BCUT2D eigenvalue weighted by atomic mass is 32.1. The van der Waals surface area contributed by atoms with Crippen molar-refractivity contribution in [2.75, 3.05) is 0 Å². The van der Waals surface area contributed by atoms with E-state index in [1.165, 1.54) is 26.6 Å². The maximum absolute atomic E-state index is 4.47. The van der Waals surface area contributed by atoms with E-state index in [0.29, 0.717) is 0 Å². The molecule has 0 spiro atoms. The van der Waals surface area contributed by atoms with Crippen molar-refractivity contribution >= 4 is 31.6 Å². The van der Waals surface area contributed by atoms with Crippen LogP contribution in [-0.4, -0.2) is 4.98 Å². The molecule has 1 aromatic carbocycles. The van der Waals surface area contributed by atoms with Gasteiger partial charge in [0.2, 0.25) is 0 Å². The zero-order valence-electron chi connectivity index (χ0n) is 11.2. The quantitative estimate of drug-likeness (QED) is 0.547. The van der Waals surface area contributed by atoms with Crippen molar-refractivity contribution in [2.24, 2.45) is 0 Å². The molecule has 0 bridgehead atoms. The fraction of sp³-hybridized carbons (Fsp3) is 0.312. The lowest BCUT2D eigenvalue weighted by Crippen LogP contribution is -2.12. The van der Waals surface area contributed by atoms with Crippen LogP contribution in [0.5, 0.6) is 0 Å². The molecule has 3 rings (SSSR count). The summed E-state index contributed by atoms with van der Waals surface area (Å²) in [5.41, 5.74) is 3.03. The van der Waals surface area contributed by atoms with Crippen LogP contribution in [-0.2, 0) is 5.41 Å². The third kappa shape index (κ3) is 1.64. The predicted octanol–water partition coefficient (Wildman–Crippen LogP) is 5.06. The Morgan fingerprint density at radius 3 is 2.56 bits per heavy atom. The van der Waals surface area contributed by atoms with Gasteiger partial charge in [-0.15, -0.1) is 11.3 Å². The molecule has 0 N–H and O–H groups in total. The van der Waals surface area contributed by atoms with Gasteiger partial charge in [-0.1, -0.05) is 32.9 Å². The fourth-order valence-electron chi connectivity index (χ4n) is 2.62.